The van der Waals surface area contributed by atoms with E-state index in [2.05, 4.69) is 27.9 Å². The molecule has 2 aromatic rings. The van der Waals surface area contributed by atoms with E-state index in [9.17, 15) is 23.3 Å². The summed E-state index contributed by atoms with van der Waals surface area (Å²) in [6, 6.07) is 9.96. The minimum absolute atomic E-state index is 0.241. The van der Waals surface area contributed by atoms with Crippen LogP contribution in [0.3, 0.4) is 0 Å². The summed E-state index contributed by atoms with van der Waals surface area (Å²) in [7, 11) is -4.09. The lowest BCUT2D eigenvalue weighted by molar-refractivity contribution is -0.386. The average Bonchev–Trinajstić information content (AvgIpc) is 2.51. The third kappa shape index (κ3) is 5.37. The van der Waals surface area contributed by atoms with Gasteiger partial charge in [0.2, 0.25) is 10.0 Å². The fourth-order valence-corrected chi connectivity index (χ4v) is 2.92. The molecule has 9 nitrogen and oxygen atoms in total. The number of nitrogens with zero attached hydrogens (tertiary/aromatic N) is 1. The van der Waals surface area contributed by atoms with Crippen molar-refractivity contribution in [3.05, 3.63) is 56.1 Å². The van der Waals surface area contributed by atoms with Crippen LogP contribution < -0.4 is 15.2 Å². The molecule has 0 aliphatic rings. The van der Waals surface area contributed by atoms with Crippen LogP contribution in [0.25, 0.3) is 0 Å². The molecule has 0 unspecified atom stereocenters. The van der Waals surface area contributed by atoms with Crippen LogP contribution in [-0.4, -0.2) is 25.9 Å². The second-order valence-corrected chi connectivity index (χ2v) is 7.59. The number of nitrogens with two attached hydrogens (primary N) is 1. The predicted octanol–water partition coefficient (Wildman–Crippen LogP) is 1.86. The number of amides is 1. The maximum atomic E-state index is 11.9. The Bertz CT molecular complexity index is 932. The number of anilines is 1. The number of carbonyl (C=O) groups is 1. The van der Waals surface area contributed by atoms with E-state index in [1.807, 2.05) is 6.07 Å². The topological polar surface area (TPSA) is 142 Å². The third-order valence-corrected chi connectivity index (χ3v) is 4.50. The Kier molecular flexibility index (Phi) is 5.92. The highest BCUT2D eigenvalue weighted by Crippen LogP contribution is 2.29. The van der Waals surface area contributed by atoms with Crippen LogP contribution in [-0.2, 0) is 14.8 Å². The molecule has 0 bridgehead atoms. The zero-order valence-corrected chi connectivity index (χ0v) is 15.5. The quantitative estimate of drug-likeness (QED) is 0.370. The van der Waals surface area contributed by atoms with E-state index in [-0.39, 0.29) is 5.75 Å². The Morgan fingerprint density at radius 1 is 1.28 bits per heavy atom. The minimum Gasteiger partial charge on any atom is -0.477 e. The van der Waals surface area contributed by atoms with Gasteiger partial charge in [-0.3, -0.25) is 14.9 Å². The maximum Gasteiger partial charge on any atom is 0.312 e. The minimum atomic E-state index is -4.09. The van der Waals surface area contributed by atoms with Crippen LogP contribution in [0.4, 0.5) is 11.4 Å². The van der Waals surface area contributed by atoms with Crippen molar-refractivity contribution < 1.29 is 22.9 Å². The molecule has 1 amide bonds. The zero-order chi connectivity index (χ0) is 18.6. The highest BCUT2D eigenvalue weighted by molar-refractivity contribution is 14.1. The second-order valence-electron chi connectivity index (χ2n) is 4.78. The summed E-state index contributed by atoms with van der Waals surface area (Å²) in [4.78, 5) is 21.7. The van der Waals surface area contributed by atoms with Crippen molar-refractivity contribution >= 4 is 49.9 Å². The molecule has 11 heteroatoms. The van der Waals surface area contributed by atoms with E-state index in [1.54, 1.807) is 18.2 Å². The Hall–Kier alpha value is -2.25. The van der Waals surface area contributed by atoms with Crippen molar-refractivity contribution in [1.29, 1.82) is 0 Å². The smallest absolute Gasteiger partial charge is 0.312 e. The first kappa shape index (κ1) is 19.1. The average molecular weight is 477 g/mol. The van der Waals surface area contributed by atoms with Gasteiger partial charge in [-0.25, -0.2) is 13.6 Å². The van der Waals surface area contributed by atoms with Crippen molar-refractivity contribution in [2.75, 3.05) is 11.9 Å². The molecule has 0 aliphatic carbocycles. The van der Waals surface area contributed by atoms with Gasteiger partial charge >= 0.3 is 5.69 Å². The number of halogens is 1. The van der Waals surface area contributed by atoms with Crippen molar-refractivity contribution in [1.82, 2.24) is 0 Å². The molecule has 2 rings (SSSR count). The lowest BCUT2D eigenvalue weighted by atomic mass is 10.3. The highest BCUT2D eigenvalue weighted by Gasteiger charge is 2.20. The molecule has 3 N–H and O–H groups in total. The van der Waals surface area contributed by atoms with Crippen LogP contribution in [0.1, 0.15) is 0 Å². The summed E-state index contributed by atoms with van der Waals surface area (Å²) in [6.07, 6.45) is 0. The van der Waals surface area contributed by atoms with Gasteiger partial charge in [0.1, 0.15) is 0 Å². The number of rotatable bonds is 6. The lowest BCUT2D eigenvalue weighted by Gasteiger charge is -2.09. The molecule has 0 saturated heterocycles. The molecule has 0 radical (unpaired) electrons. The molecule has 0 saturated carbocycles. The molecule has 0 aliphatic heterocycles. The molecule has 25 heavy (non-hydrogen) atoms. The van der Waals surface area contributed by atoms with E-state index in [1.165, 1.54) is 0 Å². The van der Waals surface area contributed by atoms with Gasteiger partial charge in [0.15, 0.2) is 12.4 Å². The Morgan fingerprint density at radius 3 is 2.60 bits per heavy atom. The van der Waals surface area contributed by atoms with Gasteiger partial charge in [-0.15, -0.1) is 0 Å². The number of nitro groups is 1. The Balaban J connectivity index is 2.12. The van der Waals surface area contributed by atoms with Crippen molar-refractivity contribution in [3.63, 3.8) is 0 Å². The van der Waals surface area contributed by atoms with E-state index >= 15 is 0 Å². The summed E-state index contributed by atoms with van der Waals surface area (Å²) in [5, 5.41) is 18.6. The van der Waals surface area contributed by atoms with E-state index in [0.717, 1.165) is 21.8 Å². The first-order chi connectivity index (χ1) is 11.7. The van der Waals surface area contributed by atoms with E-state index < -0.39 is 38.0 Å². The molecule has 2 aromatic carbocycles. The molecule has 0 fully saturated rings. The second kappa shape index (κ2) is 7.76. The zero-order valence-electron chi connectivity index (χ0n) is 12.5. The van der Waals surface area contributed by atoms with Gasteiger partial charge in [0.05, 0.1) is 9.82 Å². The highest BCUT2D eigenvalue weighted by atomic mass is 127. The number of sulfonamides is 1. The number of ether oxygens (including phenoxy) is 1. The van der Waals surface area contributed by atoms with E-state index in [0.29, 0.717) is 5.69 Å². The van der Waals surface area contributed by atoms with Gasteiger partial charge in [-0.05, 0) is 52.9 Å². The molecule has 0 spiro atoms. The standard InChI is InChI=1S/C14H12IN3O6S/c15-9-2-1-3-10(6-9)17-14(19)8-24-13-5-4-11(25(16,22)23)7-12(13)18(20)21/h1-7H,8H2,(H,17,19)(H2,16,22,23). The lowest BCUT2D eigenvalue weighted by Crippen LogP contribution is -2.20. The third-order valence-electron chi connectivity index (χ3n) is 2.92. The predicted molar refractivity (Wildman–Crippen MR) is 97.8 cm³/mol. The molecular formula is C14H12IN3O6S. The summed E-state index contributed by atoms with van der Waals surface area (Å²) in [5.41, 5.74) is -0.0480. The molecule has 132 valence electrons. The first-order valence-electron chi connectivity index (χ1n) is 6.66. The fourth-order valence-electron chi connectivity index (χ4n) is 1.85. The Morgan fingerprint density at radius 2 is 2.00 bits per heavy atom. The monoisotopic (exact) mass is 477 g/mol. The van der Waals surface area contributed by atoms with Crippen molar-refractivity contribution in [3.8, 4) is 5.75 Å². The van der Waals surface area contributed by atoms with Crippen LogP contribution in [0.5, 0.6) is 5.75 Å². The summed E-state index contributed by atoms with van der Waals surface area (Å²) < 4.78 is 28.6. The maximum absolute atomic E-state index is 11.9. The fraction of sp³-hybridized carbons (Fsp3) is 0.0714. The SMILES string of the molecule is NS(=O)(=O)c1ccc(OCC(=O)Nc2cccc(I)c2)c([N+](=O)[O-])c1. The van der Waals surface area contributed by atoms with Crippen molar-refractivity contribution in [2.24, 2.45) is 5.14 Å². The van der Waals surface area contributed by atoms with Gasteiger partial charge in [-0.1, -0.05) is 6.07 Å². The number of hydrogen-bond acceptors (Lipinski definition) is 6. The number of carbonyl (C=O) groups excluding carboxylic acids is 1. The van der Waals surface area contributed by atoms with Crippen LogP contribution in [0.15, 0.2) is 47.4 Å². The molecular weight excluding hydrogens is 465 g/mol. The number of nitro benzene ring substituents is 1. The molecule has 0 heterocycles. The summed E-state index contributed by atoms with van der Waals surface area (Å²) in [6.45, 7) is -0.485. The van der Waals surface area contributed by atoms with Gasteiger partial charge < -0.3 is 10.1 Å². The van der Waals surface area contributed by atoms with Gasteiger partial charge in [-0.2, -0.15) is 0 Å². The van der Waals surface area contributed by atoms with Crippen LogP contribution in [0.2, 0.25) is 0 Å². The number of nitrogens with one attached hydrogen (secondary N) is 1. The molecule has 0 aromatic heterocycles. The van der Waals surface area contributed by atoms with Gasteiger partial charge in [0.25, 0.3) is 5.91 Å². The largest absolute Gasteiger partial charge is 0.477 e. The Labute approximate surface area is 156 Å². The summed E-state index contributed by atoms with van der Waals surface area (Å²) in [5.74, 6) is -0.762. The molecule has 0 atom stereocenters. The van der Waals surface area contributed by atoms with Crippen LogP contribution >= 0.6 is 22.6 Å². The van der Waals surface area contributed by atoms with Crippen LogP contribution in [0, 0.1) is 13.7 Å². The number of primary sulfonamides is 1. The van der Waals surface area contributed by atoms with E-state index in [4.69, 9.17) is 9.88 Å². The first-order valence-corrected chi connectivity index (χ1v) is 9.29. The summed E-state index contributed by atoms with van der Waals surface area (Å²) >= 11 is 2.09. The normalized spacial score (nSPS) is 11.0. The number of benzene rings is 2. The van der Waals surface area contributed by atoms with Gasteiger partial charge in [0, 0.05) is 15.3 Å². The van der Waals surface area contributed by atoms with Crippen molar-refractivity contribution in [2.45, 2.75) is 4.90 Å². The number of hydrogen-bond donors (Lipinski definition) is 2.